The van der Waals surface area contributed by atoms with Gasteiger partial charge in [-0.2, -0.15) is 13.2 Å². The van der Waals surface area contributed by atoms with Gasteiger partial charge in [0.2, 0.25) is 5.88 Å². The molecule has 0 spiro atoms. The van der Waals surface area contributed by atoms with Gasteiger partial charge >= 0.3 is 6.18 Å². The van der Waals surface area contributed by atoms with E-state index in [1.54, 1.807) is 0 Å². The predicted octanol–water partition coefficient (Wildman–Crippen LogP) is 4.18. The van der Waals surface area contributed by atoms with Gasteiger partial charge in [0.1, 0.15) is 11.4 Å². The Balaban J connectivity index is 2.19. The van der Waals surface area contributed by atoms with E-state index in [2.05, 4.69) is 31.0 Å². The van der Waals surface area contributed by atoms with Crippen LogP contribution in [0.3, 0.4) is 0 Å². The normalized spacial score (nSPS) is 11.2. The molecule has 122 valence electrons. The number of amides is 1. The van der Waals surface area contributed by atoms with Crippen molar-refractivity contribution in [1.29, 1.82) is 0 Å². The van der Waals surface area contributed by atoms with Crippen molar-refractivity contribution in [3.05, 3.63) is 52.4 Å². The fraction of sp³-hybridized carbons (Fsp3) is 0.143. The molecule has 1 amide bonds. The molecule has 0 saturated heterocycles. The molecule has 2 rings (SSSR count). The second kappa shape index (κ2) is 6.95. The number of carbonyl (C=O) groups is 1. The highest BCUT2D eigenvalue weighted by atomic mass is 79.9. The highest BCUT2D eigenvalue weighted by Gasteiger charge is 2.29. The number of pyridine rings is 1. The number of rotatable bonds is 4. The zero-order valence-corrected chi connectivity index (χ0v) is 12.9. The Kier molecular flexibility index (Phi) is 5.19. The molecular formula is C14H9BrF4N2O2. The largest absolute Gasteiger partial charge is 0.467 e. The number of nitrogens with one attached hydrogen (secondary N) is 1. The quantitative estimate of drug-likeness (QED) is 0.794. The molecule has 0 aliphatic carbocycles. The molecule has 0 fully saturated rings. The molecule has 0 radical (unpaired) electrons. The van der Waals surface area contributed by atoms with Crippen molar-refractivity contribution in [3.63, 3.8) is 0 Å². The summed E-state index contributed by atoms with van der Waals surface area (Å²) in [6.45, 7) is -1.59. The lowest BCUT2D eigenvalue weighted by atomic mass is 10.2. The fourth-order valence-corrected chi connectivity index (χ4v) is 1.94. The minimum absolute atomic E-state index is 0.121. The minimum Gasteiger partial charge on any atom is -0.467 e. The van der Waals surface area contributed by atoms with E-state index in [0.29, 0.717) is 4.47 Å². The van der Waals surface area contributed by atoms with Crippen molar-refractivity contribution in [3.8, 4) is 5.88 Å². The van der Waals surface area contributed by atoms with Gasteiger partial charge in [-0.15, -0.1) is 0 Å². The smallest absolute Gasteiger partial charge is 0.422 e. The van der Waals surface area contributed by atoms with Crippen molar-refractivity contribution >= 4 is 27.5 Å². The van der Waals surface area contributed by atoms with E-state index in [1.807, 2.05) is 0 Å². The van der Waals surface area contributed by atoms with Crippen molar-refractivity contribution in [2.75, 3.05) is 11.9 Å². The Hall–Kier alpha value is -2.16. The van der Waals surface area contributed by atoms with Crippen LogP contribution in [0.1, 0.15) is 10.4 Å². The van der Waals surface area contributed by atoms with Gasteiger partial charge in [0.15, 0.2) is 6.61 Å². The average molecular weight is 393 g/mol. The number of nitrogens with zero attached hydrogens (tertiary/aromatic N) is 1. The first-order valence-corrected chi connectivity index (χ1v) is 6.96. The van der Waals surface area contributed by atoms with Gasteiger partial charge in [0, 0.05) is 10.7 Å². The third kappa shape index (κ3) is 4.92. The van der Waals surface area contributed by atoms with Gasteiger partial charge in [-0.3, -0.25) is 4.79 Å². The first-order valence-electron chi connectivity index (χ1n) is 6.17. The van der Waals surface area contributed by atoms with Gasteiger partial charge in [-0.25, -0.2) is 9.37 Å². The van der Waals surface area contributed by atoms with Gasteiger partial charge < -0.3 is 10.1 Å². The number of hydrogen-bond acceptors (Lipinski definition) is 3. The van der Waals surface area contributed by atoms with Gasteiger partial charge in [-0.1, -0.05) is 15.9 Å². The predicted molar refractivity (Wildman–Crippen MR) is 77.8 cm³/mol. The Morgan fingerprint density at radius 2 is 2.04 bits per heavy atom. The van der Waals surface area contributed by atoms with Gasteiger partial charge in [0.25, 0.3) is 5.91 Å². The molecule has 4 nitrogen and oxygen atoms in total. The number of carbonyl (C=O) groups excluding carboxylic acids is 1. The molecule has 1 N–H and O–H groups in total. The number of ether oxygens (including phenoxy) is 1. The Morgan fingerprint density at radius 1 is 1.30 bits per heavy atom. The summed E-state index contributed by atoms with van der Waals surface area (Å²) in [4.78, 5) is 15.7. The number of aromatic nitrogens is 1. The van der Waals surface area contributed by atoms with Crippen LogP contribution in [0, 0.1) is 5.82 Å². The summed E-state index contributed by atoms with van der Waals surface area (Å²) >= 11 is 3.07. The van der Waals surface area contributed by atoms with E-state index in [9.17, 15) is 22.4 Å². The highest BCUT2D eigenvalue weighted by Crippen LogP contribution is 2.23. The lowest BCUT2D eigenvalue weighted by Gasteiger charge is -2.12. The number of halogens is 5. The molecule has 0 bridgehead atoms. The first-order chi connectivity index (χ1) is 10.8. The lowest BCUT2D eigenvalue weighted by molar-refractivity contribution is -0.154. The molecule has 9 heteroatoms. The molecule has 1 aromatic carbocycles. The van der Waals surface area contributed by atoms with Crippen molar-refractivity contribution in [2.24, 2.45) is 0 Å². The summed E-state index contributed by atoms with van der Waals surface area (Å²) in [7, 11) is 0. The average Bonchev–Trinajstić information content (AvgIpc) is 2.47. The summed E-state index contributed by atoms with van der Waals surface area (Å²) in [5, 5.41) is 2.26. The van der Waals surface area contributed by atoms with Crippen molar-refractivity contribution < 1.29 is 27.1 Å². The number of anilines is 1. The summed E-state index contributed by atoms with van der Waals surface area (Å²) in [5.41, 5.74) is -0.358. The topological polar surface area (TPSA) is 51.2 Å². The van der Waals surface area contributed by atoms with Crippen LogP contribution in [0.2, 0.25) is 0 Å². The molecule has 1 aromatic heterocycles. The monoisotopic (exact) mass is 392 g/mol. The van der Waals surface area contributed by atoms with Crippen LogP contribution in [0.25, 0.3) is 0 Å². The fourth-order valence-electron chi connectivity index (χ4n) is 1.61. The zero-order chi connectivity index (χ0) is 17.0. The molecule has 23 heavy (non-hydrogen) atoms. The second-order valence-electron chi connectivity index (χ2n) is 4.34. The van der Waals surface area contributed by atoms with E-state index < -0.39 is 30.4 Å². The van der Waals surface area contributed by atoms with E-state index >= 15 is 0 Å². The van der Waals surface area contributed by atoms with Crippen LogP contribution < -0.4 is 10.1 Å². The molecule has 1 heterocycles. The van der Waals surface area contributed by atoms with Crippen LogP contribution in [-0.4, -0.2) is 23.7 Å². The Morgan fingerprint density at radius 3 is 2.70 bits per heavy atom. The van der Waals surface area contributed by atoms with E-state index in [1.165, 1.54) is 30.5 Å². The van der Waals surface area contributed by atoms with Crippen LogP contribution in [0.4, 0.5) is 23.2 Å². The number of hydrogen-bond donors (Lipinski definition) is 1. The standard InChI is InChI=1S/C14H9BrF4N2O2/c15-8-3-4-11(10(16)6-8)21-12(22)9-2-1-5-20-13(9)23-7-14(17,18)19/h1-6H,7H2,(H,21,22). The minimum atomic E-state index is -4.57. The molecule has 0 saturated carbocycles. The van der Waals surface area contributed by atoms with Crippen molar-refractivity contribution in [2.45, 2.75) is 6.18 Å². The van der Waals surface area contributed by atoms with E-state index in [-0.39, 0.29) is 11.3 Å². The SMILES string of the molecule is O=C(Nc1ccc(Br)cc1F)c1cccnc1OCC(F)(F)F. The van der Waals surface area contributed by atoms with Gasteiger partial charge in [-0.05, 0) is 30.3 Å². The maximum absolute atomic E-state index is 13.7. The van der Waals surface area contributed by atoms with Gasteiger partial charge in [0.05, 0.1) is 5.69 Å². The highest BCUT2D eigenvalue weighted by molar-refractivity contribution is 9.10. The van der Waals surface area contributed by atoms with E-state index in [4.69, 9.17) is 0 Å². The molecular weight excluding hydrogens is 384 g/mol. The first kappa shape index (κ1) is 17.2. The maximum atomic E-state index is 13.7. The third-order valence-electron chi connectivity index (χ3n) is 2.57. The molecule has 2 aromatic rings. The molecule has 0 aliphatic rings. The summed E-state index contributed by atoms with van der Waals surface area (Å²) in [6.07, 6.45) is -3.38. The summed E-state index contributed by atoms with van der Waals surface area (Å²) in [5.74, 6) is -2.02. The second-order valence-corrected chi connectivity index (χ2v) is 5.25. The van der Waals surface area contributed by atoms with Crippen molar-refractivity contribution in [1.82, 2.24) is 4.98 Å². The van der Waals surface area contributed by atoms with Crippen LogP contribution in [-0.2, 0) is 0 Å². The Labute approximate surface area is 136 Å². The van der Waals surface area contributed by atoms with Crippen LogP contribution >= 0.6 is 15.9 Å². The lowest BCUT2D eigenvalue weighted by Crippen LogP contribution is -2.22. The van der Waals surface area contributed by atoms with Crippen LogP contribution in [0.5, 0.6) is 5.88 Å². The number of alkyl halides is 3. The molecule has 0 aliphatic heterocycles. The Bertz CT molecular complexity index is 722. The zero-order valence-electron chi connectivity index (χ0n) is 11.3. The maximum Gasteiger partial charge on any atom is 0.422 e. The van der Waals surface area contributed by atoms with E-state index in [0.717, 1.165) is 6.07 Å². The third-order valence-corrected chi connectivity index (χ3v) is 3.06. The van der Waals surface area contributed by atoms with Crippen LogP contribution in [0.15, 0.2) is 41.0 Å². The molecule has 0 atom stereocenters. The summed E-state index contributed by atoms with van der Waals surface area (Å²) < 4.78 is 55.3. The number of benzene rings is 1. The molecule has 0 unspecified atom stereocenters. The summed E-state index contributed by atoms with van der Waals surface area (Å²) in [6, 6.07) is 6.53.